The van der Waals surface area contributed by atoms with Gasteiger partial charge in [-0.3, -0.25) is 0 Å². The number of nitrogens with zero attached hydrogens (tertiary/aromatic N) is 3. The third-order valence-electron chi connectivity index (χ3n) is 11.0. The highest BCUT2D eigenvalue weighted by atomic mass is 15.2. The Bertz CT molecular complexity index is 3170. The Morgan fingerprint density at radius 1 is 0.436 bits per heavy atom. The molecule has 2 heterocycles. The fourth-order valence-electron chi connectivity index (χ4n) is 8.35. The van der Waals surface area contributed by atoms with Crippen LogP contribution in [0, 0.1) is 0 Å². The lowest BCUT2D eigenvalue weighted by Gasteiger charge is -2.24. The van der Waals surface area contributed by atoms with E-state index in [9.17, 15) is 0 Å². The van der Waals surface area contributed by atoms with Crippen LogP contribution in [0.2, 0.25) is 0 Å². The Balaban J connectivity index is 1.05. The Morgan fingerprint density at radius 2 is 1.09 bits per heavy atom. The lowest BCUT2D eigenvalue weighted by atomic mass is 9.97. The van der Waals surface area contributed by atoms with E-state index < -0.39 is 0 Å². The molecule has 0 aliphatic carbocycles. The normalized spacial score (nSPS) is 14.4. The number of fused-ring (bicyclic) bond motifs is 7. The molecule has 0 radical (unpaired) electrons. The Labute approximate surface area is 318 Å². The summed E-state index contributed by atoms with van der Waals surface area (Å²) in [5, 5.41) is 13.6. The molecule has 1 aliphatic heterocycles. The lowest BCUT2D eigenvalue weighted by molar-refractivity contribution is 0.674. The summed E-state index contributed by atoms with van der Waals surface area (Å²) in [6.07, 6.45) is -0.295. The highest BCUT2D eigenvalue weighted by Gasteiger charge is 2.22. The summed E-state index contributed by atoms with van der Waals surface area (Å²) in [5.74, 6) is 1.49. The van der Waals surface area contributed by atoms with Crippen molar-refractivity contribution < 1.29 is 0 Å². The number of hydrogen-bond acceptors (Lipinski definition) is 3. The van der Waals surface area contributed by atoms with Gasteiger partial charge in [-0.15, -0.1) is 0 Å². The summed E-state index contributed by atoms with van der Waals surface area (Å²) in [6, 6.07) is 69.3. The molecule has 10 aromatic rings. The maximum Gasteiger partial charge on any atom is 0.159 e. The molecule has 0 saturated carbocycles. The maximum atomic E-state index is 5.23. The molecule has 0 amide bonds. The fourth-order valence-corrected chi connectivity index (χ4v) is 8.35. The van der Waals surface area contributed by atoms with Gasteiger partial charge in [-0.1, -0.05) is 164 Å². The van der Waals surface area contributed by atoms with Crippen LogP contribution in [0.3, 0.4) is 0 Å². The van der Waals surface area contributed by atoms with E-state index in [-0.39, 0.29) is 6.17 Å². The van der Waals surface area contributed by atoms with Gasteiger partial charge in [0.1, 0.15) is 12.0 Å². The van der Waals surface area contributed by atoms with Crippen molar-refractivity contribution in [1.82, 2.24) is 9.88 Å². The highest BCUT2D eigenvalue weighted by Crippen LogP contribution is 2.39. The molecule has 0 bridgehead atoms. The summed E-state index contributed by atoms with van der Waals surface area (Å²) in [4.78, 5) is 10.4. The number of amidine groups is 2. The first-order valence-electron chi connectivity index (χ1n) is 18.8. The van der Waals surface area contributed by atoms with Gasteiger partial charge >= 0.3 is 0 Å². The third-order valence-corrected chi connectivity index (χ3v) is 11.0. The van der Waals surface area contributed by atoms with Crippen LogP contribution >= 0.6 is 0 Å². The van der Waals surface area contributed by atoms with E-state index in [1.165, 1.54) is 65.3 Å². The largest absolute Gasteiger partial charge is 0.344 e. The van der Waals surface area contributed by atoms with Crippen LogP contribution in [0.25, 0.3) is 70.9 Å². The second kappa shape index (κ2) is 12.7. The van der Waals surface area contributed by atoms with Gasteiger partial charge < -0.3 is 9.88 Å². The van der Waals surface area contributed by atoms with Gasteiger partial charge in [-0.05, 0) is 79.3 Å². The van der Waals surface area contributed by atoms with Crippen LogP contribution in [0.1, 0.15) is 22.9 Å². The van der Waals surface area contributed by atoms with Crippen LogP contribution in [0.4, 0.5) is 0 Å². The zero-order valence-corrected chi connectivity index (χ0v) is 29.9. The molecule has 0 fully saturated rings. The van der Waals surface area contributed by atoms with E-state index in [2.05, 4.69) is 198 Å². The van der Waals surface area contributed by atoms with Gasteiger partial charge in [0.15, 0.2) is 5.84 Å². The Kier molecular flexibility index (Phi) is 7.20. The number of aromatic nitrogens is 1. The first-order chi connectivity index (χ1) is 27.2. The van der Waals surface area contributed by atoms with Gasteiger partial charge in [0.2, 0.25) is 0 Å². The van der Waals surface area contributed by atoms with Crippen molar-refractivity contribution in [3.63, 3.8) is 0 Å². The van der Waals surface area contributed by atoms with E-state index in [4.69, 9.17) is 9.98 Å². The maximum absolute atomic E-state index is 5.23. The molecule has 1 aliphatic rings. The molecule has 0 spiro atoms. The van der Waals surface area contributed by atoms with Crippen molar-refractivity contribution in [2.45, 2.75) is 6.17 Å². The monoisotopic (exact) mass is 702 g/mol. The van der Waals surface area contributed by atoms with E-state index in [0.29, 0.717) is 5.84 Å². The van der Waals surface area contributed by atoms with E-state index in [1.54, 1.807) is 0 Å². The SMILES string of the molecule is c1ccc(C2N=C(c3ccc(-c4cccc5ccccc45)cc3)N=C(c3cccc(-n4c5cc6ccccc6cc5c5c6ccccc6ccc54)c3)N2)cc1. The average molecular weight is 703 g/mol. The number of rotatable bonds is 5. The highest BCUT2D eigenvalue weighted by molar-refractivity contribution is 6.23. The van der Waals surface area contributed by atoms with E-state index >= 15 is 0 Å². The molecule has 258 valence electrons. The third kappa shape index (κ3) is 5.30. The average Bonchev–Trinajstić information content (AvgIpc) is 3.59. The molecule has 11 rings (SSSR count). The summed E-state index contributed by atoms with van der Waals surface area (Å²) in [7, 11) is 0. The van der Waals surface area contributed by atoms with Gasteiger partial charge in [0.25, 0.3) is 0 Å². The van der Waals surface area contributed by atoms with E-state index in [0.717, 1.165) is 28.2 Å². The van der Waals surface area contributed by atoms with Gasteiger partial charge in [0, 0.05) is 27.6 Å². The van der Waals surface area contributed by atoms with Crippen molar-refractivity contribution in [2.75, 3.05) is 0 Å². The topological polar surface area (TPSA) is 41.7 Å². The van der Waals surface area contributed by atoms with Gasteiger partial charge in [0.05, 0.1) is 11.0 Å². The molecule has 4 heteroatoms. The molecule has 0 saturated heterocycles. The summed E-state index contributed by atoms with van der Waals surface area (Å²) in [6.45, 7) is 0. The molecule has 1 N–H and O–H groups in total. The van der Waals surface area contributed by atoms with Crippen LogP contribution in [-0.2, 0) is 0 Å². The number of aliphatic imine (C=N–C) groups is 2. The Hall–Kier alpha value is -7.30. The quantitative estimate of drug-likeness (QED) is 0.191. The zero-order valence-electron chi connectivity index (χ0n) is 29.9. The molecule has 1 aromatic heterocycles. The molecular weight excluding hydrogens is 669 g/mol. The van der Waals surface area contributed by atoms with Crippen molar-refractivity contribution in [3.8, 4) is 16.8 Å². The first-order valence-corrected chi connectivity index (χ1v) is 18.8. The standard InChI is InChI=1S/C51H34N4/c1-2-14-36(15-3-1)49-52-50(37-26-24-35(25-27-37)43-23-11-18-33-12-6-8-21-42(33)43)54-51(53-49)40-19-10-20-41(30-40)55-46-29-28-34-13-7-9-22-44(34)48(46)45-31-38-16-4-5-17-39(38)32-47(45)55/h1-32,49H,(H,52,53,54). The van der Waals surface area contributed by atoms with Crippen molar-refractivity contribution in [2.24, 2.45) is 9.98 Å². The number of benzene rings is 9. The van der Waals surface area contributed by atoms with Crippen molar-refractivity contribution in [3.05, 3.63) is 211 Å². The minimum Gasteiger partial charge on any atom is -0.344 e. The van der Waals surface area contributed by atoms with Crippen LogP contribution in [-0.4, -0.2) is 16.2 Å². The number of nitrogens with one attached hydrogen (secondary N) is 1. The van der Waals surface area contributed by atoms with Crippen molar-refractivity contribution >= 4 is 65.8 Å². The minimum absolute atomic E-state index is 0.295. The van der Waals surface area contributed by atoms with Crippen LogP contribution < -0.4 is 5.32 Å². The molecular formula is C51H34N4. The van der Waals surface area contributed by atoms with Crippen molar-refractivity contribution in [1.29, 1.82) is 0 Å². The fraction of sp³-hybridized carbons (Fsp3) is 0.0196. The van der Waals surface area contributed by atoms with Gasteiger partial charge in [-0.25, -0.2) is 9.98 Å². The Morgan fingerprint density at radius 3 is 1.91 bits per heavy atom. The summed E-state index contributed by atoms with van der Waals surface area (Å²) >= 11 is 0. The predicted octanol–water partition coefficient (Wildman–Crippen LogP) is 12.4. The molecule has 4 nitrogen and oxygen atoms in total. The molecule has 9 aromatic carbocycles. The number of hydrogen-bond donors (Lipinski definition) is 1. The van der Waals surface area contributed by atoms with Crippen LogP contribution in [0.15, 0.2) is 204 Å². The van der Waals surface area contributed by atoms with Gasteiger partial charge in [-0.2, -0.15) is 0 Å². The lowest BCUT2D eigenvalue weighted by Crippen LogP contribution is -2.33. The van der Waals surface area contributed by atoms with E-state index in [1.807, 2.05) is 6.07 Å². The zero-order chi connectivity index (χ0) is 36.3. The molecule has 55 heavy (non-hydrogen) atoms. The first kappa shape index (κ1) is 31.2. The summed E-state index contributed by atoms with van der Waals surface area (Å²) < 4.78 is 2.41. The molecule has 1 atom stereocenters. The summed E-state index contributed by atoms with van der Waals surface area (Å²) in [5.41, 5.74) is 8.86. The predicted molar refractivity (Wildman–Crippen MR) is 231 cm³/mol. The molecule has 1 unspecified atom stereocenters. The minimum atomic E-state index is -0.295. The smallest absolute Gasteiger partial charge is 0.159 e. The second-order valence-corrected chi connectivity index (χ2v) is 14.3. The van der Waals surface area contributed by atoms with Crippen LogP contribution in [0.5, 0.6) is 0 Å². The second-order valence-electron chi connectivity index (χ2n) is 14.3.